The van der Waals surface area contributed by atoms with Crippen LogP contribution in [0.25, 0.3) is 0 Å². The molecule has 2 aliphatic rings. The molecule has 0 N–H and O–H groups in total. The van der Waals surface area contributed by atoms with E-state index in [9.17, 15) is 4.79 Å². The van der Waals surface area contributed by atoms with Gasteiger partial charge >= 0.3 is 0 Å². The van der Waals surface area contributed by atoms with Crippen molar-refractivity contribution in [2.24, 2.45) is 5.92 Å². The molecule has 2 aliphatic heterocycles. The average molecular weight is 477 g/mol. The summed E-state index contributed by atoms with van der Waals surface area (Å²) in [6.45, 7) is 10.3. The lowest BCUT2D eigenvalue weighted by molar-refractivity contribution is -0.133. The Labute approximate surface area is 212 Å². The predicted molar refractivity (Wildman–Crippen MR) is 145 cm³/mol. The number of rotatable bonds is 9. The minimum Gasteiger partial charge on any atom is -0.340 e. The van der Waals surface area contributed by atoms with Gasteiger partial charge in [-0.3, -0.25) is 4.79 Å². The molecule has 5 nitrogen and oxygen atoms in total. The SMILES string of the molecule is CCN1CCN(C(=O)CC[C@H]2CN(CC(c3ccccc3)c3ccccc3)CC[C@H]2N(C)C)CC1. The maximum absolute atomic E-state index is 13.0. The molecule has 2 atom stereocenters. The molecule has 190 valence electrons. The molecule has 35 heavy (non-hydrogen) atoms. The van der Waals surface area contributed by atoms with Crippen LogP contribution >= 0.6 is 0 Å². The molecule has 5 heteroatoms. The number of hydrogen-bond acceptors (Lipinski definition) is 4. The molecule has 0 saturated carbocycles. The van der Waals surface area contributed by atoms with Crippen LogP contribution in [0.2, 0.25) is 0 Å². The van der Waals surface area contributed by atoms with E-state index in [4.69, 9.17) is 0 Å². The molecular weight excluding hydrogens is 432 g/mol. The number of piperazine rings is 1. The zero-order chi connectivity index (χ0) is 24.6. The predicted octanol–water partition coefficient (Wildman–Crippen LogP) is 4.01. The van der Waals surface area contributed by atoms with Crippen molar-refractivity contribution in [3.8, 4) is 0 Å². The lowest BCUT2D eigenvalue weighted by atomic mass is 9.85. The Bertz CT molecular complexity index is 856. The van der Waals surface area contributed by atoms with E-state index in [0.717, 1.165) is 65.2 Å². The van der Waals surface area contributed by atoms with Gasteiger partial charge in [-0.25, -0.2) is 0 Å². The fourth-order valence-corrected chi connectivity index (χ4v) is 6.04. The first kappa shape index (κ1) is 25.9. The molecule has 2 heterocycles. The second-order valence-corrected chi connectivity index (χ2v) is 10.6. The summed E-state index contributed by atoms with van der Waals surface area (Å²) < 4.78 is 0. The Morgan fingerprint density at radius 2 is 1.49 bits per heavy atom. The van der Waals surface area contributed by atoms with E-state index in [0.29, 0.717) is 30.2 Å². The third kappa shape index (κ3) is 6.93. The maximum atomic E-state index is 13.0. The van der Waals surface area contributed by atoms with Gasteiger partial charge in [0.25, 0.3) is 0 Å². The highest BCUT2D eigenvalue weighted by atomic mass is 16.2. The highest BCUT2D eigenvalue weighted by Crippen LogP contribution is 2.30. The smallest absolute Gasteiger partial charge is 0.222 e. The Kier molecular flexibility index (Phi) is 9.36. The van der Waals surface area contributed by atoms with Gasteiger partial charge < -0.3 is 19.6 Å². The van der Waals surface area contributed by atoms with E-state index in [2.05, 4.69) is 101 Å². The van der Waals surface area contributed by atoms with Crippen molar-refractivity contribution in [1.29, 1.82) is 0 Å². The minimum absolute atomic E-state index is 0.349. The standard InChI is InChI=1S/C30H44N4O/c1-4-32-19-21-34(22-20-32)30(35)16-15-27-23-33(18-17-29(27)31(2)3)24-28(25-11-7-5-8-12-25)26-13-9-6-10-14-26/h5-14,27-29H,4,15-24H2,1-3H3/t27-,29+/m0/s1. The summed E-state index contributed by atoms with van der Waals surface area (Å²) in [5, 5.41) is 0. The van der Waals surface area contributed by atoms with Gasteiger partial charge in [0, 0.05) is 57.6 Å². The molecule has 2 aromatic rings. The summed E-state index contributed by atoms with van der Waals surface area (Å²) >= 11 is 0. The van der Waals surface area contributed by atoms with Crippen LogP contribution in [-0.2, 0) is 4.79 Å². The van der Waals surface area contributed by atoms with E-state index in [1.165, 1.54) is 11.1 Å². The molecule has 1 amide bonds. The van der Waals surface area contributed by atoms with Gasteiger partial charge in [0.15, 0.2) is 0 Å². The Morgan fingerprint density at radius 3 is 2.03 bits per heavy atom. The van der Waals surface area contributed by atoms with Gasteiger partial charge in [-0.1, -0.05) is 67.6 Å². The van der Waals surface area contributed by atoms with Crippen molar-refractivity contribution in [2.45, 2.75) is 38.1 Å². The number of carbonyl (C=O) groups excluding carboxylic acids is 1. The van der Waals surface area contributed by atoms with Crippen molar-refractivity contribution in [2.75, 3.05) is 66.5 Å². The normalized spacial score (nSPS) is 22.1. The molecule has 0 spiro atoms. The van der Waals surface area contributed by atoms with Crippen LogP contribution in [0.5, 0.6) is 0 Å². The number of amides is 1. The Hall–Kier alpha value is -2.21. The number of carbonyl (C=O) groups is 1. The van der Waals surface area contributed by atoms with Gasteiger partial charge in [0.1, 0.15) is 0 Å². The summed E-state index contributed by atoms with van der Waals surface area (Å²) in [6, 6.07) is 22.4. The van der Waals surface area contributed by atoms with Gasteiger partial charge in [-0.2, -0.15) is 0 Å². The van der Waals surface area contributed by atoms with Crippen LogP contribution in [0.1, 0.15) is 43.2 Å². The van der Waals surface area contributed by atoms with Gasteiger partial charge in [-0.05, 0) is 57.1 Å². The van der Waals surface area contributed by atoms with Crippen molar-refractivity contribution in [3.63, 3.8) is 0 Å². The minimum atomic E-state index is 0.349. The highest BCUT2D eigenvalue weighted by molar-refractivity contribution is 5.76. The number of likely N-dealkylation sites (tertiary alicyclic amines) is 1. The monoisotopic (exact) mass is 476 g/mol. The number of nitrogens with zero attached hydrogens (tertiary/aromatic N) is 4. The van der Waals surface area contributed by atoms with E-state index < -0.39 is 0 Å². The third-order valence-corrected chi connectivity index (χ3v) is 8.19. The van der Waals surface area contributed by atoms with Gasteiger partial charge in [0.05, 0.1) is 0 Å². The molecule has 4 rings (SSSR count). The molecule has 0 aliphatic carbocycles. The molecular formula is C30H44N4O. The van der Waals surface area contributed by atoms with Crippen molar-refractivity contribution in [1.82, 2.24) is 19.6 Å². The van der Waals surface area contributed by atoms with Crippen LogP contribution in [0.4, 0.5) is 0 Å². The largest absolute Gasteiger partial charge is 0.340 e. The van der Waals surface area contributed by atoms with Crippen LogP contribution in [-0.4, -0.2) is 98.0 Å². The highest BCUT2D eigenvalue weighted by Gasteiger charge is 2.33. The first-order valence-electron chi connectivity index (χ1n) is 13.5. The average Bonchev–Trinajstić information content (AvgIpc) is 2.91. The number of piperidine rings is 1. The first-order chi connectivity index (χ1) is 17.0. The fourth-order valence-electron chi connectivity index (χ4n) is 6.04. The number of likely N-dealkylation sites (N-methyl/N-ethyl adjacent to an activating group) is 1. The van der Waals surface area contributed by atoms with Crippen LogP contribution in [0.3, 0.4) is 0 Å². The second kappa shape index (κ2) is 12.7. The van der Waals surface area contributed by atoms with Crippen LogP contribution in [0, 0.1) is 5.92 Å². The van der Waals surface area contributed by atoms with Crippen molar-refractivity contribution >= 4 is 5.91 Å². The zero-order valence-electron chi connectivity index (χ0n) is 22.0. The Morgan fingerprint density at radius 1 is 0.886 bits per heavy atom. The molecule has 2 fully saturated rings. The number of hydrogen-bond donors (Lipinski definition) is 0. The molecule has 0 unspecified atom stereocenters. The molecule has 2 saturated heterocycles. The van der Waals surface area contributed by atoms with Crippen molar-refractivity contribution in [3.05, 3.63) is 71.8 Å². The molecule has 0 radical (unpaired) electrons. The van der Waals surface area contributed by atoms with Crippen LogP contribution in [0.15, 0.2) is 60.7 Å². The zero-order valence-corrected chi connectivity index (χ0v) is 22.0. The third-order valence-electron chi connectivity index (χ3n) is 8.19. The lowest BCUT2D eigenvalue weighted by Crippen LogP contribution is -2.51. The Balaban J connectivity index is 1.40. The topological polar surface area (TPSA) is 30.0 Å². The van der Waals surface area contributed by atoms with Crippen LogP contribution < -0.4 is 0 Å². The molecule has 2 aromatic carbocycles. The first-order valence-corrected chi connectivity index (χ1v) is 13.5. The lowest BCUT2D eigenvalue weighted by Gasteiger charge is -2.43. The van der Waals surface area contributed by atoms with Gasteiger partial charge in [0.2, 0.25) is 5.91 Å². The summed E-state index contributed by atoms with van der Waals surface area (Å²) in [4.78, 5) is 22.6. The van der Waals surface area contributed by atoms with Crippen molar-refractivity contribution < 1.29 is 4.79 Å². The number of benzene rings is 2. The molecule has 0 aromatic heterocycles. The van der Waals surface area contributed by atoms with E-state index >= 15 is 0 Å². The van der Waals surface area contributed by atoms with E-state index in [1.54, 1.807) is 0 Å². The summed E-state index contributed by atoms with van der Waals surface area (Å²) in [5.41, 5.74) is 2.76. The fraction of sp³-hybridized carbons (Fsp3) is 0.567. The summed E-state index contributed by atoms with van der Waals surface area (Å²) in [7, 11) is 4.41. The van der Waals surface area contributed by atoms with E-state index in [1.807, 2.05) is 0 Å². The molecule has 0 bridgehead atoms. The maximum Gasteiger partial charge on any atom is 0.222 e. The van der Waals surface area contributed by atoms with Gasteiger partial charge in [-0.15, -0.1) is 0 Å². The summed E-state index contributed by atoms with van der Waals surface area (Å²) in [5.74, 6) is 1.24. The summed E-state index contributed by atoms with van der Waals surface area (Å²) in [6.07, 6.45) is 2.82. The quantitative estimate of drug-likeness (QED) is 0.547. The van der Waals surface area contributed by atoms with E-state index in [-0.39, 0.29) is 0 Å². The second-order valence-electron chi connectivity index (χ2n) is 10.6.